The molecule has 0 saturated carbocycles. The standard InChI is InChI=1S/C18H24F6N6/c1-11-7-29(9-13-5-25-27(3)15(13)17(19,20)21)8-12(2)30(11)10-14-6-26-28(4)16(14)18(22,23)24/h5-6,11-12H,7-10H2,1-4H3/t11-,12-/m1/s1. The van der Waals surface area contributed by atoms with Crippen molar-refractivity contribution in [3.05, 3.63) is 34.9 Å². The van der Waals surface area contributed by atoms with Crippen molar-refractivity contribution in [2.75, 3.05) is 13.1 Å². The van der Waals surface area contributed by atoms with E-state index >= 15 is 0 Å². The number of hydrogen-bond acceptors (Lipinski definition) is 4. The van der Waals surface area contributed by atoms with Crippen molar-refractivity contribution in [1.82, 2.24) is 29.4 Å². The van der Waals surface area contributed by atoms with E-state index in [0.717, 1.165) is 9.36 Å². The molecule has 2 atom stereocenters. The molecule has 1 aliphatic rings. The normalized spacial score (nSPS) is 22.1. The molecule has 168 valence electrons. The van der Waals surface area contributed by atoms with E-state index < -0.39 is 23.7 Å². The van der Waals surface area contributed by atoms with Gasteiger partial charge >= 0.3 is 12.4 Å². The van der Waals surface area contributed by atoms with Crippen LogP contribution in [0.15, 0.2) is 12.4 Å². The molecule has 12 heteroatoms. The van der Waals surface area contributed by atoms with Gasteiger partial charge in [-0.2, -0.15) is 36.5 Å². The first-order valence-electron chi connectivity index (χ1n) is 9.43. The molecule has 1 saturated heterocycles. The Labute approximate surface area is 170 Å². The summed E-state index contributed by atoms with van der Waals surface area (Å²) in [7, 11) is 2.50. The van der Waals surface area contributed by atoms with Crippen molar-refractivity contribution in [3.63, 3.8) is 0 Å². The number of piperazine rings is 1. The lowest BCUT2D eigenvalue weighted by molar-refractivity contribution is -0.145. The third kappa shape index (κ3) is 4.48. The minimum Gasteiger partial charge on any atom is -0.296 e. The van der Waals surface area contributed by atoms with Crippen molar-refractivity contribution in [2.45, 2.75) is 51.4 Å². The highest BCUT2D eigenvalue weighted by atomic mass is 19.4. The monoisotopic (exact) mass is 438 g/mol. The SMILES string of the molecule is C[C@@H]1CN(Cc2cnn(C)c2C(F)(F)F)C[C@@H](C)N1Cc1cnn(C)c1C(F)(F)F. The zero-order valence-electron chi connectivity index (χ0n) is 17.1. The number of rotatable bonds is 4. The number of halogens is 6. The predicted molar refractivity (Wildman–Crippen MR) is 96.2 cm³/mol. The van der Waals surface area contributed by atoms with E-state index in [1.54, 1.807) is 0 Å². The molecular weight excluding hydrogens is 414 g/mol. The van der Waals surface area contributed by atoms with Gasteiger partial charge in [0, 0.05) is 63.5 Å². The maximum Gasteiger partial charge on any atom is 0.433 e. The van der Waals surface area contributed by atoms with E-state index in [-0.39, 0.29) is 36.3 Å². The molecule has 0 radical (unpaired) electrons. The first-order valence-corrected chi connectivity index (χ1v) is 9.43. The van der Waals surface area contributed by atoms with Crippen molar-refractivity contribution in [2.24, 2.45) is 14.1 Å². The molecule has 2 aromatic heterocycles. The van der Waals surface area contributed by atoms with Gasteiger partial charge in [0.05, 0.1) is 12.4 Å². The second kappa shape index (κ2) is 7.88. The molecule has 3 rings (SSSR count). The van der Waals surface area contributed by atoms with Crippen LogP contribution >= 0.6 is 0 Å². The van der Waals surface area contributed by atoms with Gasteiger partial charge in [-0.05, 0) is 13.8 Å². The molecule has 0 spiro atoms. The third-order valence-electron chi connectivity index (χ3n) is 5.49. The van der Waals surface area contributed by atoms with Gasteiger partial charge in [-0.15, -0.1) is 0 Å². The summed E-state index contributed by atoms with van der Waals surface area (Å²) in [6.45, 7) is 4.72. The molecule has 0 aliphatic carbocycles. The Bertz CT molecular complexity index is 871. The van der Waals surface area contributed by atoms with Crippen LogP contribution < -0.4 is 0 Å². The second-order valence-electron chi connectivity index (χ2n) is 7.84. The minimum atomic E-state index is -4.51. The first kappa shape index (κ1) is 22.6. The highest BCUT2D eigenvalue weighted by Crippen LogP contribution is 2.34. The molecule has 6 nitrogen and oxygen atoms in total. The number of alkyl halides is 6. The summed E-state index contributed by atoms with van der Waals surface area (Å²) < 4.78 is 81.6. The second-order valence-corrected chi connectivity index (χ2v) is 7.84. The largest absolute Gasteiger partial charge is 0.433 e. The fraction of sp³-hybridized carbons (Fsp3) is 0.667. The van der Waals surface area contributed by atoms with E-state index in [1.807, 2.05) is 23.6 Å². The summed E-state index contributed by atoms with van der Waals surface area (Å²) in [5, 5.41) is 7.48. The molecule has 0 bridgehead atoms. The van der Waals surface area contributed by atoms with E-state index in [9.17, 15) is 26.3 Å². The molecule has 1 aliphatic heterocycles. The summed E-state index contributed by atoms with van der Waals surface area (Å²) in [6, 6.07) is -0.304. The average molecular weight is 438 g/mol. The van der Waals surface area contributed by atoms with Gasteiger partial charge in [0.15, 0.2) is 0 Å². The van der Waals surface area contributed by atoms with Crippen molar-refractivity contribution in [3.8, 4) is 0 Å². The van der Waals surface area contributed by atoms with Crippen molar-refractivity contribution >= 4 is 0 Å². The van der Waals surface area contributed by atoms with Crippen LogP contribution in [0, 0.1) is 0 Å². The first-order chi connectivity index (χ1) is 13.8. The molecule has 3 heterocycles. The van der Waals surface area contributed by atoms with E-state index in [0.29, 0.717) is 13.1 Å². The van der Waals surface area contributed by atoms with E-state index in [1.165, 1.54) is 26.5 Å². The quantitative estimate of drug-likeness (QED) is 0.688. The van der Waals surface area contributed by atoms with Gasteiger partial charge in [-0.25, -0.2) is 0 Å². The predicted octanol–water partition coefficient (Wildman–Crippen LogP) is 3.29. The smallest absolute Gasteiger partial charge is 0.296 e. The van der Waals surface area contributed by atoms with Gasteiger partial charge in [0.1, 0.15) is 11.4 Å². The van der Waals surface area contributed by atoms with E-state index in [4.69, 9.17) is 0 Å². The lowest BCUT2D eigenvalue weighted by atomic mass is 10.0. The number of nitrogens with zero attached hydrogens (tertiary/aromatic N) is 6. The fourth-order valence-corrected chi connectivity index (χ4v) is 4.27. The van der Waals surface area contributed by atoms with E-state index in [2.05, 4.69) is 10.2 Å². The topological polar surface area (TPSA) is 42.1 Å². The molecule has 0 aromatic carbocycles. The van der Waals surface area contributed by atoms with Crippen LogP contribution in [-0.2, 0) is 39.5 Å². The Balaban J connectivity index is 1.73. The lowest BCUT2D eigenvalue weighted by Gasteiger charge is -2.44. The highest BCUT2D eigenvalue weighted by molar-refractivity contribution is 5.22. The third-order valence-corrected chi connectivity index (χ3v) is 5.49. The Morgan fingerprint density at radius 1 is 0.800 bits per heavy atom. The summed E-state index contributed by atoms with van der Waals surface area (Å²) >= 11 is 0. The number of aromatic nitrogens is 4. The Morgan fingerprint density at radius 2 is 1.20 bits per heavy atom. The van der Waals surface area contributed by atoms with Gasteiger partial charge in [0.2, 0.25) is 0 Å². The molecular formula is C18H24F6N6. The molecule has 0 N–H and O–H groups in total. The van der Waals surface area contributed by atoms with Crippen LogP contribution in [-0.4, -0.2) is 54.5 Å². The van der Waals surface area contributed by atoms with Gasteiger partial charge in [-0.3, -0.25) is 19.2 Å². The Kier molecular flexibility index (Phi) is 5.93. The summed E-state index contributed by atoms with van der Waals surface area (Å²) in [5.41, 5.74) is -1.39. The van der Waals surface area contributed by atoms with Crippen LogP contribution in [0.25, 0.3) is 0 Å². The zero-order valence-corrected chi connectivity index (χ0v) is 17.1. The maximum atomic E-state index is 13.3. The van der Waals surface area contributed by atoms with Crippen LogP contribution in [0.3, 0.4) is 0 Å². The molecule has 2 aromatic rings. The van der Waals surface area contributed by atoms with Gasteiger partial charge in [0.25, 0.3) is 0 Å². The number of hydrogen-bond donors (Lipinski definition) is 0. The minimum absolute atomic E-state index is 0.0690. The summed E-state index contributed by atoms with van der Waals surface area (Å²) in [5.74, 6) is 0. The number of aryl methyl sites for hydroxylation is 2. The van der Waals surface area contributed by atoms with Crippen molar-refractivity contribution in [1.29, 1.82) is 0 Å². The fourth-order valence-electron chi connectivity index (χ4n) is 4.27. The lowest BCUT2D eigenvalue weighted by Crippen LogP contribution is -2.55. The Hall–Kier alpha value is -2.08. The van der Waals surface area contributed by atoms with Crippen LogP contribution in [0.1, 0.15) is 36.4 Å². The highest BCUT2D eigenvalue weighted by Gasteiger charge is 2.40. The van der Waals surface area contributed by atoms with Gasteiger partial charge < -0.3 is 0 Å². The average Bonchev–Trinajstić information content (AvgIpc) is 3.13. The van der Waals surface area contributed by atoms with Crippen molar-refractivity contribution < 1.29 is 26.3 Å². The van der Waals surface area contributed by atoms with Crippen LogP contribution in [0.4, 0.5) is 26.3 Å². The van der Waals surface area contributed by atoms with Crippen LogP contribution in [0.2, 0.25) is 0 Å². The summed E-state index contributed by atoms with van der Waals surface area (Å²) in [6.07, 6.45) is -6.58. The molecule has 0 amide bonds. The maximum absolute atomic E-state index is 13.3. The molecule has 0 unspecified atom stereocenters. The van der Waals surface area contributed by atoms with Crippen LogP contribution in [0.5, 0.6) is 0 Å². The Morgan fingerprint density at radius 3 is 1.60 bits per heavy atom. The zero-order chi connectivity index (χ0) is 22.4. The molecule has 30 heavy (non-hydrogen) atoms. The molecule has 1 fully saturated rings. The summed E-state index contributed by atoms with van der Waals surface area (Å²) in [4.78, 5) is 3.81. The van der Waals surface area contributed by atoms with Gasteiger partial charge in [-0.1, -0.05) is 0 Å².